The molecule has 0 radical (unpaired) electrons. The maximum atomic E-state index is 6.27. The van der Waals surface area contributed by atoms with Crippen LogP contribution in [0.25, 0.3) is 0 Å². The average molecular weight is 219 g/mol. The van der Waals surface area contributed by atoms with Crippen molar-refractivity contribution < 1.29 is 0 Å². The molecule has 0 spiro atoms. The smallest absolute Gasteiger partial charge is 0.0297 e. The van der Waals surface area contributed by atoms with E-state index in [1.54, 1.807) is 0 Å². The number of nitrogens with two attached hydrogens (primary N) is 1. The van der Waals surface area contributed by atoms with E-state index in [0.717, 1.165) is 6.42 Å². The number of benzene rings is 1. The molecule has 0 heterocycles. The summed E-state index contributed by atoms with van der Waals surface area (Å²) < 4.78 is 0. The second-order valence-corrected chi connectivity index (χ2v) is 5.99. The van der Waals surface area contributed by atoms with E-state index >= 15 is 0 Å². The fourth-order valence-corrected chi connectivity index (χ4v) is 1.92. The minimum Gasteiger partial charge on any atom is -0.324 e. The van der Waals surface area contributed by atoms with Gasteiger partial charge in [-0.25, -0.2) is 0 Å². The van der Waals surface area contributed by atoms with Crippen LogP contribution in [0.4, 0.5) is 0 Å². The average Bonchev–Trinajstić information content (AvgIpc) is 2.17. The van der Waals surface area contributed by atoms with Crippen LogP contribution in [0.1, 0.15) is 56.3 Å². The quantitative estimate of drug-likeness (QED) is 0.812. The monoisotopic (exact) mass is 219 g/mol. The van der Waals surface area contributed by atoms with Crippen LogP contribution in [0.3, 0.4) is 0 Å². The van der Waals surface area contributed by atoms with Gasteiger partial charge in [-0.05, 0) is 48.8 Å². The van der Waals surface area contributed by atoms with Crippen molar-refractivity contribution in [1.29, 1.82) is 0 Å². The minimum absolute atomic E-state index is 0.180. The molecule has 2 N–H and O–H groups in total. The summed E-state index contributed by atoms with van der Waals surface area (Å²) in [6.07, 6.45) is 2.23. The maximum Gasteiger partial charge on any atom is 0.0297 e. The molecule has 0 aromatic heterocycles. The Kier molecular flexibility index (Phi) is 4.15. The molecule has 0 aliphatic rings. The van der Waals surface area contributed by atoms with Crippen molar-refractivity contribution in [2.75, 3.05) is 0 Å². The van der Waals surface area contributed by atoms with Crippen molar-refractivity contribution in [3.05, 3.63) is 34.9 Å². The molecule has 1 heteroatoms. The number of hydrogen-bond acceptors (Lipinski definition) is 1. The lowest BCUT2D eigenvalue weighted by Crippen LogP contribution is -2.16. The third-order valence-electron chi connectivity index (χ3n) is 3.25. The lowest BCUT2D eigenvalue weighted by atomic mass is 9.86. The first-order valence-corrected chi connectivity index (χ1v) is 6.13. The molecule has 0 saturated carbocycles. The van der Waals surface area contributed by atoms with Crippen molar-refractivity contribution in [3.8, 4) is 0 Å². The molecule has 0 fully saturated rings. The largest absolute Gasteiger partial charge is 0.324 e. The van der Waals surface area contributed by atoms with Gasteiger partial charge in [-0.2, -0.15) is 0 Å². The van der Waals surface area contributed by atoms with Gasteiger partial charge in [-0.15, -0.1) is 0 Å². The van der Waals surface area contributed by atoms with E-state index in [0.29, 0.717) is 5.41 Å². The standard InChI is InChI=1S/C15H25N/c1-11-7-6-8-13(12(11)2)14(16)9-10-15(3,4)5/h6-8,14H,9-10,16H2,1-5H3. The third kappa shape index (κ3) is 3.64. The van der Waals surface area contributed by atoms with E-state index < -0.39 is 0 Å². The van der Waals surface area contributed by atoms with E-state index in [1.165, 1.54) is 23.1 Å². The molecule has 0 amide bonds. The minimum atomic E-state index is 0.180. The fourth-order valence-electron chi connectivity index (χ4n) is 1.92. The normalized spacial score (nSPS) is 13.9. The summed E-state index contributed by atoms with van der Waals surface area (Å²) in [5.41, 5.74) is 10.6. The molecule has 90 valence electrons. The van der Waals surface area contributed by atoms with Crippen LogP contribution in [0.15, 0.2) is 18.2 Å². The van der Waals surface area contributed by atoms with Crippen molar-refractivity contribution in [1.82, 2.24) is 0 Å². The van der Waals surface area contributed by atoms with Gasteiger partial charge in [0.2, 0.25) is 0 Å². The molecule has 0 bridgehead atoms. The van der Waals surface area contributed by atoms with Crippen LogP contribution in [0.5, 0.6) is 0 Å². The summed E-state index contributed by atoms with van der Waals surface area (Å²) >= 11 is 0. The lowest BCUT2D eigenvalue weighted by Gasteiger charge is -2.22. The molecule has 16 heavy (non-hydrogen) atoms. The maximum absolute atomic E-state index is 6.27. The molecule has 0 aliphatic heterocycles. The summed E-state index contributed by atoms with van der Waals surface area (Å²) in [5, 5.41) is 0. The summed E-state index contributed by atoms with van der Waals surface area (Å²) in [6, 6.07) is 6.60. The van der Waals surface area contributed by atoms with Gasteiger partial charge in [0.1, 0.15) is 0 Å². The molecule has 1 rings (SSSR count). The Hall–Kier alpha value is -0.820. The first-order valence-electron chi connectivity index (χ1n) is 6.13. The van der Waals surface area contributed by atoms with Gasteiger partial charge in [0.05, 0.1) is 0 Å². The molecule has 1 aromatic carbocycles. The summed E-state index contributed by atoms with van der Waals surface area (Å²) in [5.74, 6) is 0. The fraction of sp³-hybridized carbons (Fsp3) is 0.600. The van der Waals surface area contributed by atoms with E-state index in [9.17, 15) is 0 Å². The molecule has 0 aliphatic carbocycles. The zero-order chi connectivity index (χ0) is 12.3. The Balaban J connectivity index is 2.73. The first-order chi connectivity index (χ1) is 7.31. The van der Waals surface area contributed by atoms with Gasteiger partial charge >= 0.3 is 0 Å². The highest BCUT2D eigenvalue weighted by molar-refractivity contribution is 5.35. The summed E-state index contributed by atoms with van der Waals surface area (Å²) in [4.78, 5) is 0. The van der Waals surface area contributed by atoms with Crippen molar-refractivity contribution in [2.45, 2.75) is 53.5 Å². The zero-order valence-electron chi connectivity index (χ0n) is 11.3. The van der Waals surface area contributed by atoms with Gasteiger partial charge in [-0.1, -0.05) is 39.0 Å². The van der Waals surface area contributed by atoms with E-state index in [1.807, 2.05) is 0 Å². The molecule has 1 atom stereocenters. The van der Waals surface area contributed by atoms with E-state index in [4.69, 9.17) is 5.73 Å². The highest BCUT2D eigenvalue weighted by Gasteiger charge is 2.15. The number of hydrogen-bond donors (Lipinski definition) is 1. The van der Waals surface area contributed by atoms with Crippen LogP contribution >= 0.6 is 0 Å². The second kappa shape index (κ2) is 5.01. The molecular formula is C15H25N. The van der Waals surface area contributed by atoms with Crippen LogP contribution in [0.2, 0.25) is 0 Å². The first kappa shape index (κ1) is 13.2. The Bertz CT molecular complexity index is 347. The van der Waals surface area contributed by atoms with Crippen molar-refractivity contribution in [3.63, 3.8) is 0 Å². The predicted molar refractivity (Wildman–Crippen MR) is 71.5 cm³/mol. The van der Waals surface area contributed by atoms with Crippen LogP contribution in [0, 0.1) is 19.3 Å². The zero-order valence-corrected chi connectivity index (χ0v) is 11.3. The van der Waals surface area contributed by atoms with E-state index in [2.05, 4.69) is 52.8 Å². The topological polar surface area (TPSA) is 26.0 Å². The summed E-state index contributed by atoms with van der Waals surface area (Å²) in [6.45, 7) is 11.1. The molecular weight excluding hydrogens is 194 g/mol. The van der Waals surface area contributed by atoms with Crippen molar-refractivity contribution in [2.24, 2.45) is 11.1 Å². The van der Waals surface area contributed by atoms with Gasteiger partial charge in [0, 0.05) is 6.04 Å². The van der Waals surface area contributed by atoms with E-state index in [-0.39, 0.29) is 6.04 Å². The SMILES string of the molecule is Cc1cccc(C(N)CCC(C)(C)C)c1C. The van der Waals surface area contributed by atoms with Crippen LogP contribution in [-0.2, 0) is 0 Å². The number of aryl methyl sites for hydroxylation is 1. The summed E-state index contributed by atoms with van der Waals surface area (Å²) in [7, 11) is 0. The van der Waals surface area contributed by atoms with Crippen molar-refractivity contribution >= 4 is 0 Å². The molecule has 1 unspecified atom stereocenters. The molecule has 1 nitrogen and oxygen atoms in total. The van der Waals surface area contributed by atoms with Crippen LogP contribution in [-0.4, -0.2) is 0 Å². The third-order valence-corrected chi connectivity index (χ3v) is 3.25. The molecule has 0 saturated heterocycles. The Morgan fingerprint density at radius 2 is 1.81 bits per heavy atom. The second-order valence-electron chi connectivity index (χ2n) is 5.99. The Morgan fingerprint density at radius 1 is 1.19 bits per heavy atom. The predicted octanol–water partition coefficient (Wildman–Crippen LogP) is 4.13. The van der Waals surface area contributed by atoms with Gasteiger partial charge < -0.3 is 5.73 Å². The van der Waals surface area contributed by atoms with Crippen LogP contribution < -0.4 is 5.73 Å². The lowest BCUT2D eigenvalue weighted by molar-refractivity contribution is 0.349. The Labute approximate surface area is 100 Å². The molecule has 1 aromatic rings. The number of rotatable bonds is 3. The highest BCUT2D eigenvalue weighted by atomic mass is 14.6. The van der Waals surface area contributed by atoms with Gasteiger partial charge in [0.25, 0.3) is 0 Å². The highest BCUT2D eigenvalue weighted by Crippen LogP contribution is 2.28. The van der Waals surface area contributed by atoms with Gasteiger partial charge in [0.15, 0.2) is 0 Å². The van der Waals surface area contributed by atoms with Gasteiger partial charge in [-0.3, -0.25) is 0 Å². The Morgan fingerprint density at radius 3 is 2.38 bits per heavy atom.